The van der Waals surface area contributed by atoms with Crippen molar-refractivity contribution in [1.82, 2.24) is 10.1 Å². The van der Waals surface area contributed by atoms with Gasteiger partial charge in [0.1, 0.15) is 0 Å². The Bertz CT molecular complexity index is 330. The molecule has 2 rings (SSSR count). The van der Waals surface area contributed by atoms with Gasteiger partial charge in [-0.15, -0.1) is 0 Å². The topological polar surface area (TPSA) is 51.4 Å². The molecule has 1 aromatic rings. The van der Waals surface area contributed by atoms with Crippen LogP contribution in [0.1, 0.15) is 38.4 Å². The number of methoxy groups -OCH3 is 1. The highest BCUT2D eigenvalue weighted by Crippen LogP contribution is 2.21. The highest BCUT2D eigenvalue weighted by atomic mass is 16.5. The summed E-state index contributed by atoms with van der Waals surface area (Å²) in [5.74, 6) is 1.10. The van der Waals surface area contributed by atoms with Crippen LogP contribution in [0.2, 0.25) is 0 Å². The van der Waals surface area contributed by atoms with Gasteiger partial charge >= 0.3 is 6.01 Å². The Kier molecular flexibility index (Phi) is 3.43. The second-order valence-corrected chi connectivity index (χ2v) is 4.51. The lowest BCUT2D eigenvalue weighted by atomic mass is 10.1. The molecule has 0 aromatic carbocycles. The van der Waals surface area contributed by atoms with Crippen LogP contribution in [0.4, 0.5) is 6.01 Å². The molecule has 1 saturated heterocycles. The Balaban J connectivity index is 1.97. The predicted octanol–water partition coefficient (Wildman–Crippen LogP) is 1.81. The molecule has 0 bridgehead atoms. The van der Waals surface area contributed by atoms with E-state index in [1.807, 2.05) is 0 Å². The van der Waals surface area contributed by atoms with Crippen LogP contribution in [0.3, 0.4) is 0 Å². The Hall–Kier alpha value is -1.10. The van der Waals surface area contributed by atoms with Gasteiger partial charge < -0.3 is 14.2 Å². The minimum Gasteiger partial charge on any atom is -0.381 e. The maximum atomic E-state index is 5.33. The van der Waals surface area contributed by atoms with Crippen LogP contribution in [0.25, 0.3) is 0 Å². The zero-order valence-corrected chi connectivity index (χ0v) is 10.1. The molecule has 1 aliphatic heterocycles. The van der Waals surface area contributed by atoms with Gasteiger partial charge in [-0.25, -0.2) is 0 Å². The SMILES string of the molecule is COC1CCN(c2nc(C(C)C)no2)CC1. The molecule has 0 spiro atoms. The molecule has 0 N–H and O–H groups in total. The van der Waals surface area contributed by atoms with E-state index in [0.717, 1.165) is 31.8 Å². The van der Waals surface area contributed by atoms with E-state index in [1.165, 1.54) is 0 Å². The van der Waals surface area contributed by atoms with E-state index < -0.39 is 0 Å². The Morgan fingerprint density at radius 3 is 2.56 bits per heavy atom. The van der Waals surface area contributed by atoms with Gasteiger partial charge in [-0.3, -0.25) is 0 Å². The van der Waals surface area contributed by atoms with Crippen LogP contribution in [0.5, 0.6) is 0 Å². The minimum absolute atomic E-state index is 0.314. The first-order chi connectivity index (χ1) is 7.70. The van der Waals surface area contributed by atoms with Crippen molar-refractivity contribution < 1.29 is 9.26 Å². The van der Waals surface area contributed by atoms with Crippen molar-refractivity contribution in [3.8, 4) is 0 Å². The van der Waals surface area contributed by atoms with Crippen LogP contribution in [-0.4, -0.2) is 36.4 Å². The molecule has 16 heavy (non-hydrogen) atoms. The molecular weight excluding hydrogens is 206 g/mol. The molecule has 1 aromatic heterocycles. The molecule has 0 unspecified atom stereocenters. The third-order valence-corrected chi connectivity index (χ3v) is 2.99. The summed E-state index contributed by atoms with van der Waals surface area (Å²) in [6, 6.07) is 0.651. The van der Waals surface area contributed by atoms with Gasteiger partial charge in [-0.1, -0.05) is 19.0 Å². The van der Waals surface area contributed by atoms with Crippen LogP contribution >= 0.6 is 0 Å². The molecule has 0 saturated carbocycles. The van der Waals surface area contributed by atoms with Crippen molar-refractivity contribution >= 4 is 6.01 Å². The normalized spacial score (nSPS) is 18.4. The Labute approximate surface area is 95.8 Å². The fraction of sp³-hybridized carbons (Fsp3) is 0.818. The molecule has 5 nitrogen and oxygen atoms in total. The lowest BCUT2D eigenvalue weighted by molar-refractivity contribution is 0.0808. The lowest BCUT2D eigenvalue weighted by Gasteiger charge is -2.29. The number of piperidine rings is 1. The first-order valence-corrected chi connectivity index (χ1v) is 5.82. The molecule has 0 aliphatic carbocycles. The number of nitrogens with zero attached hydrogens (tertiary/aromatic N) is 3. The van der Waals surface area contributed by atoms with Gasteiger partial charge in [0.05, 0.1) is 6.10 Å². The minimum atomic E-state index is 0.314. The number of hydrogen-bond donors (Lipinski definition) is 0. The zero-order chi connectivity index (χ0) is 11.5. The summed E-state index contributed by atoms with van der Waals surface area (Å²) in [4.78, 5) is 6.52. The molecular formula is C11H19N3O2. The summed E-state index contributed by atoms with van der Waals surface area (Å²) in [7, 11) is 1.77. The van der Waals surface area contributed by atoms with Crippen LogP contribution < -0.4 is 4.90 Å². The van der Waals surface area contributed by atoms with Crippen molar-refractivity contribution in [2.75, 3.05) is 25.1 Å². The van der Waals surface area contributed by atoms with Crippen molar-refractivity contribution in [3.05, 3.63) is 5.82 Å². The second-order valence-electron chi connectivity index (χ2n) is 4.51. The summed E-state index contributed by atoms with van der Waals surface area (Å²) in [5.41, 5.74) is 0. The third kappa shape index (κ3) is 2.35. The van der Waals surface area contributed by atoms with Crippen LogP contribution in [0, 0.1) is 0 Å². The van der Waals surface area contributed by atoms with E-state index in [0.29, 0.717) is 18.0 Å². The molecule has 1 fully saturated rings. The van der Waals surface area contributed by atoms with E-state index in [1.54, 1.807) is 7.11 Å². The van der Waals surface area contributed by atoms with Crippen molar-refractivity contribution in [2.45, 2.75) is 38.7 Å². The van der Waals surface area contributed by atoms with Crippen LogP contribution in [-0.2, 0) is 4.74 Å². The monoisotopic (exact) mass is 225 g/mol. The highest BCUT2D eigenvalue weighted by molar-refractivity contribution is 5.26. The summed E-state index contributed by atoms with van der Waals surface area (Å²) in [6.45, 7) is 5.98. The summed E-state index contributed by atoms with van der Waals surface area (Å²) in [6.07, 6.45) is 2.43. The number of ether oxygens (including phenoxy) is 1. The Morgan fingerprint density at radius 1 is 1.38 bits per heavy atom. The fourth-order valence-electron chi connectivity index (χ4n) is 1.87. The largest absolute Gasteiger partial charge is 0.381 e. The van der Waals surface area contributed by atoms with Gasteiger partial charge in [-0.2, -0.15) is 4.98 Å². The van der Waals surface area contributed by atoms with E-state index in [9.17, 15) is 0 Å². The van der Waals surface area contributed by atoms with Crippen molar-refractivity contribution in [2.24, 2.45) is 0 Å². The number of rotatable bonds is 3. The average molecular weight is 225 g/mol. The molecule has 0 amide bonds. The van der Waals surface area contributed by atoms with Gasteiger partial charge in [0.25, 0.3) is 0 Å². The number of aromatic nitrogens is 2. The summed E-state index contributed by atoms with van der Waals surface area (Å²) < 4.78 is 10.6. The first kappa shape index (κ1) is 11.4. The van der Waals surface area contributed by atoms with Crippen LogP contribution in [0.15, 0.2) is 4.52 Å². The van der Waals surface area contributed by atoms with Gasteiger partial charge in [0.15, 0.2) is 5.82 Å². The predicted molar refractivity (Wildman–Crippen MR) is 60.6 cm³/mol. The lowest BCUT2D eigenvalue weighted by Crippen LogP contribution is -2.36. The maximum absolute atomic E-state index is 5.33. The molecule has 2 heterocycles. The summed E-state index contributed by atoms with van der Waals surface area (Å²) in [5, 5.41) is 3.97. The third-order valence-electron chi connectivity index (χ3n) is 2.99. The number of anilines is 1. The molecule has 5 heteroatoms. The second kappa shape index (κ2) is 4.82. The zero-order valence-electron chi connectivity index (χ0n) is 10.1. The molecule has 1 aliphatic rings. The van der Waals surface area contributed by atoms with Gasteiger partial charge in [-0.05, 0) is 12.8 Å². The van der Waals surface area contributed by atoms with Crippen molar-refractivity contribution in [1.29, 1.82) is 0 Å². The fourth-order valence-corrected chi connectivity index (χ4v) is 1.87. The Morgan fingerprint density at radius 2 is 2.06 bits per heavy atom. The van der Waals surface area contributed by atoms with E-state index in [4.69, 9.17) is 9.26 Å². The maximum Gasteiger partial charge on any atom is 0.324 e. The smallest absolute Gasteiger partial charge is 0.324 e. The van der Waals surface area contributed by atoms with E-state index in [-0.39, 0.29) is 0 Å². The molecule has 0 atom stereocenters. The van der Waals surface area contributed by atoms with E-state index >= 15 is 0 Å². The molecule has 90 valence electrons. The highest BCUT2D eigenvalue weighted by Gasteiger charge is 2.23. The summed E-state index contributed by atoms with van der Waals surface area (Å²) >= 11 is 0. The quantitative estimate of drug-likeness (QED) is 0.785. The van der Waals surface area contributed by atoms with E-state index in [2.05, 4.69) is 28.9 Å². The standard InChI is InChI=1S/C11H19N3O2/c1-8(2)10-12-11(16-13-10)14-6-4-9(15-3)5-7-14/h8-9H,4-7H2,1-3H3. The first-order valence-electron chi connectivity index (χ1n) is 5.82. The van der Waals surface area contributed by atoms with Crippen molar-refractivity contribution in [3.63, 3.8) is 0 Å². The number of hydrogen-bond acceptors (Lipinski definition) is 5. The van der Waals surface area contributed by atoms with Gasteiger partial charge in [0, 0.05) is 26.1 Å². The molecule has 0 radical (unpaired) electrons. The van der Waals surface area contributed by atoms with Gasteiger partial charge in [0.2, 0.25) is 0 Å². The average Bonchev–Trinajstić information content (AvgIpc) is 2.78.